The number of methoxy groups -OCH3 is 1. The lowest BCUT2D eigenvalue weighted by atomic mass is 10.1. The van der Waals surface area contributed by atoms with Crippen LogP contribution in [0.25, 0.3) is 0 Å². The number of aromatic nitrogens is 1. The summed E-state index contributed by atoms with van der Waals surface area (Å²) in [7, 11) is 2.74. The van der Waals surface area contributed by atoms with Gasteiger partial charge in [0.2, 0.25) is 0 Å². The Hall–Kier alpha value is -3.34. The summed E-state index contributed by atoms with van der Waals surface area (Å²) >= 11 is 0. The molecule has 8 nitrogen and oxygen atoms in total. The zero-order valence-electron chi connectivity index (χ0n) is 17.2. The number of ether oxygens (including phenoxy) is 1. The molecule has 2 atom stereocenters. The van der Waals surface area contributed by atoms with Crippen molar-refractivity contribution < 1.29 is 37.4 Å². The predicted octanol–water partition coefficient (Wildman–Crippen LogP) is 3.08. The van der Waals surface area contributed by atoms with Gasteiger partial charge in [0, 0.05) is 19.3 Å². The second-order valence-electron chi connectivity index (χ2n) is 6.66. The molecule has 1 amide bonds. The van der Waals surface area contributed by atoms with E-state index in [9.17, 15) is 27.9 Å². The SMILES string of the molecule is COc1ccnc(C(=O)NC(C)C(=O)ON(C)C(C)c2ccc(C(F)(F)F)cc2)c1O. The number of amides is 1. The average Bonchev–Trinajstić information content (AvgIpc) is 2.72. The zero-order valence-corrected chi connectivity index (χ0v) is 17.2. The molecular weight excluding hydrogens is 419 g/mol. The molecule has 0 saturated carbocycles. The molecule has 2 rings (SSSR count). The van der Waals surface area contributed by atoms with E-state index in [1.165, 1.54) is 45.5 Å². The number of aromatic hydroxyl groups is 1. The number of alkyl halides is 3. The van der Waals surface area contributed by atoms with Crippen molar-refractivity contribution in [2.24, 2.45) is 0 Å². The summed E-state index contributed by atoms with van der Waals surface area (Å²) in [5.74, 6) is -2.08. The summed E-state index contributed by atoms with van der Waals surface area (Å²) in [6, 6.07) is 4.16. The van der Waals surface area contributed by atoms with Crippen molar-refractivity contribution in [3.8, 4) is 11.5 Å². The minimum Gasteiger partial charge on any atom is -0.503 e. The third-order valence-electron chi connectivity index (χ3n) is 4.52. The van der Waals surface area contributed by atoms with Crippen LogP contribution >= 0.6 is 0 Å². The fraction of sp³-hybridized carbons (Fsp3) is 0.350. The first-order chi connectivity index (χ1) is 14.5. The standard InChI is InChI=1S/C20H22F3N3O5/c1-11(25-18(28)16-17(27)15(30-4)9-10-24-16)19(29)31-26(3)12(2)13-5-7-14(8-6-13)20(21,22)23/h5-12,27H,1-4H3,(H,25,28). The molecule has 0 aliphatic carbocycles. The highest BCUT2D eigenvalue weighted by Crippen LogP contribution is 2.31. The van der Waals surface area contributed by atoms with Crippen molar-refractivity contribution in [2.75, 3.05) is 14.2 Å². The Balaban J connectivity index is 1.99. The molecule has 2 aromatic rings. The van der Waals surface area contributed by atoms with Crippen LogP contribution in [0.3, 0.4) is 0 Å². The van der Waals surface area contributed by atoms with E-state index < -0.39 is 41.4 Å². The Labute approximate surface area is 176 Å². The van der Waals surface area contributed by atoms with Gasteiger partial charge >= 0.3 is 12.1 Å². The highest BCUT2D eigenvalue weighted by Gasteiger charge is 2.30. The summed E-state index contributed by atoms with van der Waals surface area (Å²) in [5.41, 5.74) is -0.621. The van der Waals surface area contributed by atoms with Gasteiger partial charge in [-0.05, 0) is 31.5 Å². The van der Waals surface area contributed by atoms with Gasteiger partial charge in [0.25, 0.3) is 5.91 Å². The molecule has 2 N–H and O–H groups in total. The fourth-order valence-electron chi connectivity index (χ4n) is 2.55. The van der Waals surface area contributed by atoms with E-state index in [1.807, 2.05) is 0 Å². The Morgan fingerprint density at radius 2 is 1.77 bits per heavy atom. The molecule has 1 aromatic carbocycles. The minimum absolute atomic E-state index is 0.0421. The molecule has 1 heterocycles. The summed E-state index contributed by atoms with van der Waals surface area (Å²) in [6.45, 7) is 3.01. The average molecular weight is 441 g/mol. The molecule has 1 aromatic heterocycles. The number of hydrogen-bond donors (Lipinski definition) is 2. The molecular formula is C20H22F3N3O5. The van der Waals surface area contributed by atoms with Gasteiger partial charge in [0.1, 0.15) is 6.04 Å². The van der Waals surface area contributed by atoms with Gasteiger partial charge < -0.3 is 20.0 Å². The Morgan fingerprint density at radius 1 is 1.16 bits per heavy atom. The van der Waals surface area contributed by atoms with Crippen LogP contribution in [0.4, 0.5) is 13.2 Å². The van der Waals surface area contributed by atoms with Gasteiger partial charge in [0.05, 0.1) is 18.7 Å². The molecule has 0 aliphatic heterocycles. The van der Waals surface area contributed by atoms with Crippen molar-refractivity contribution in [3.63, 3.8) is 0 Å². The van der Waals surface area contributed by atoms with Gasteiger partial charge in [-0.2, -0.15) is 13.2 Å². The molecule has 31 heavy (non-hydrogen) atoms. The van der Waals surface area contributed by atoms with Crippen LogP contribution in [-0.4, -0.2) is 47.2 Å². The number of pyridine rings is 1. The molecule has 0 saturated heterocycles. The van der Waals surface area contributed by atoms with E-state index in [-0.39, 0.29) is 11.4 Å². The molecule has 2 unspecified atom stereocenters. The summed E-state index contributed by atoms with van der Waals surface area (Å²) in [4.78, 5) is 33.6. The normalized spacial score (nSPS) is 13.4. The maximum Gasteiger partial charge on any atom is 0.416 e. The zero-order chi connectivity index (χ0) is 23.3. The number of hydroxylamine groups is 2. The number of nitrogens with zero attached hydrogens (tertiary/aromatic N) is 2. The van der Waals surface area contributed by atoms with E-state index in [0.717, 1.165) is 17.2 Å². The maximum atomic E-state index is 12.7. The second kappa shape index (κ2) is 9.65. The van der Waals surface area contributed by atoms with Gasteiger partial charge in [0.15, 0.2) is 17.2 Å². The fourth-order valence-corrected chi connectivity index (χ4v) is 2.55. The summed E-state index contributed by atoms with van der Waals surface area (Å²) < 4.78 is 43.0. The number of nitrogens with one attached hydrogen (secondary N) is 1. The first-order valence-electron chi connectivity index (χ1n) is 9.10. The van der Waals surface area contributed by atoms with E-state index in [1.54, 1.807) is 6.92 Å². The van der Waals surface area contributed by atoms with Gasteiger partial charge in [-0.3, -0.25) is 4.79 Å². The monoisotopic (exact) mass is 441 g/mol. The number of benzene rings is 1. The maximum absolute atomic E-state index is 12.7. The third-order valence-corrected chi connectivity index (χ3v) is 4.52. The van der Waals surface area contributed by atoms with E-state index in [4.69, 9.17) is 9.57 Å². The Kier molecular flexibility index (Phi) is 7.45. The van der Waals surface area contributed by atoms with Crippen LogP contribution < -0.4 is 10.1 Å². The Morgan fingerprint density at radius 3 is 2.32 bits per heavy atom. The first-order valence-corrected chi connectivity index (χ1v) is 9.10. The smallest absolute Gasteiger partial charge is 0.416 e. The predicted molar refractivity (Wildman–Crippen MR) is 103 cm³/mol. The van der Waals surface area contributed by atoms with Crippen molar-refractivity contribution in [1.29, 1.82) is 0 Å². The van der Waals surface area contributed by atoms with Crippen LogP contribution in [0.2, 0.25) is 0 Å². The lowest BCUT2D eigenvalue weighted by Gasteiger charge is -2.25. The molecule has 11 heteroatoms. The van der Waals surface area contributed by atoms with Crippen LogP contribution in [0.5, 0.6) is 11.5 Å². The Bertz CT molecular complexity index is 935. The first kappa shape index (κ1) is 23.9. The lowest BCUT2D eigenvalue weighted by Crippen LogP contribution is -2.42. The van der Waals surface area contributed by atoms with Crippen LogP contribution in [0, 0.1) is 0 Å². The van der Waals surface area contributed by atoms with Crippen LogP contribution in [0.1, 0.15) is 41.5 Å². The van der Waals surface area contributed by atoms with Gasteiger partial charge in [-0.15, -0.1) is 5.06 Å². The lowest BCUT2D eigenvalue weighted by molar-refractivity contribution is -0.195. The van der Waals surface area contributed by atoms with Crippen molar-refractivity contribution in [3.05, 3.63) is 53.3 Å². The van der Waals surface area contributed by atoms with Crippen molar-refractivity contribution in [2.45, 2.75) is 32.1 Å². The van der Waals surface area contributed by atoms with Gasteiger partial charge in [-0.25, -0.2) is 9.78 Å². The quantitative estimate of drug-likeness (QED) is 0.637. The molecule has 168 valence electrons. The minimum atomic E-state index is -4.44. The highest BCUT2D eigenvalue weighted by atomic mass is 19.4. The second-order valence-corrected chi connectivity index (χ2v) is 6.66. The van der Waals surface area contributed by atoms with E-state index >= 15 is 0 Å². The number of rotatable bonds is 7. The molecule has 0 aliphatic rings. The topological polar surface area (TPSA) is 101 Å². The molecule has 0 radical (unpaired) electrons. The molecule has 0 spiro atoms. The largest absolute Gasteiger partial charge is 0.503 e. The van der Waals surface area contributed by atoms with E-state index in [0.29, 0.717) is 5.56 Å². The summed E-state index contributed by atoms with van der Waals surface area (Å²) in [5, 5.41) is 13.5. The van der Waals surface area contributed by atoms with Crippen LogP contribution in [0.15, 0.2) is 36.5 Å². The number of carbonyl (C=O) groups is 2. The molecule has 0 bridgehead atoms. The van der Waals surface area contributed by atoms with Crippen molar-refractivity contribution in [1.82, 2.24) is 15.4 Å². The highest BCUT2D eigenvalue weighted by molar-refractivity contribution is 5.97. The van der Waals surface area contributed by atoms with Gasteiger partial charge in [-0.1, -0.05) is 12.1 Å². The van der Waals surface area contributed by atoms with E-state index in [2.05, 4.69) is 10.3 Å². The number of halogens is 3. The molecule has 0 fully saturated rings. The van der Waals surface area contributed by atoms with Crippen LogP contribution in [-0.2, 0) is 15.8 Å². The third kappa shape index (κ3) is 5.85. The summed E-state index contributed by atoms with van der Waals surface area (Å²) in [6.07, 6.45) is -3.18. The number of carbonyl (C=O) groups excluding carboxylic acids is 2. The van der Waals surface area contributed by atoms with Crippen molar-refractivity contribution >= 4 is 11.9 Å². The number of hydrogen-bond acceptors (Lipinski definition) is 7.